The van der Waals surface area contributed by atoms with Crippen LogP contribution in [0.1, 0.15) is 30.9 Å². The number of aliphatic hydroxyl groups excluding tert-OH is 1. The van der Waals surface area contributed by atoms with E-state index >= 15 is 0 Å². The van der Waals surface area contributed by atoms with E-state index in [0.717, 1.165) is 31.5 Å². The topological polar surface area (TPSA) is 47.3 Å². The number of piperidine rings is 1. The average molecular weight is 262 g/mol. The number of halogens is 1. The molecule has 0 aromatic heterocycles. The summed E-state index contributed by atoms with van der Waals surface area (Å²) in [7, 11) is 0. The minimum atomic E-state index is -0.354. The molecule has 1 fully saturated rings. The van der Waals surface area contributed by atoms with Gasteiger partial charge in [-0.05, 0) is 62.5 Å². The molecular formula is C15H19FN2O. The molecule has 1 saturated heterocycles. The van der Waals surface area contributed by atoms with Crippen molar-refractivity contribution in [1.82, 2.24) is 4.90 Å². The van der Waals surface area contributed by atoms with Gasteiger partial charge in [0.1, 0.15) is 5.82 Å². The molecule has 102 valence electrons. The molecule has 0 radical (unpaired) electrons. The predicted molar refractivity (Wildman–Crippen MR) is 70.8 cm³/mol. The lowest BCUT2D eigenvalue weighted by molar-refractivity contribution is 0.0695. The van der Waals surface area contributed by atoms with Gasteiger partial charge in [0.15, 0.2) is 0 Å². The fourth-order valence-corrected chi connectivity index (χ4v) is 2.66. The molecule has 1 aromatic carbocycles. The zero-order valence-corrected chi connectivity index (χ0v) is 11.1. The second-order valence-corrected chi connectivity index (χ2v) is 5.31. The van der Waals surface area contributed by atoms with Crippen LogP contribution < -0.4 is 0 Å². The van der Waals surface area contributed by atoms with E-state index in [2.05, 4.69) is 4.90 Å². The molecule has 0 bridgehead atoms. The van der Waals surface area contributed by atoms with Crippen LogP contribution in [0.25, 0.3) is 0 Å². The third-order valence-corrected chi connectivity index (χ3v) is 3.81. The van der Waals surface area contributed by atoms with Gasteiger partial charge in [0.2, 0.25) is 0 Å². The van der Waals surface area contributed by atoms with E-state index in [0.29, 0.717) is 18.0 Å². The number of benzene rings is 1. The van der Waals surface area contributed by atoms with Gasteiger partial charge in [-0.2, -0.15) is 5.26 Å². The number of nitrogens with zero attached hydrogens (tertiary/aromatic N) is 2. The molecule has 19 heavy (non-hydrogen) atoms. The van der Waals surface area contributed by atoms with E-state index in [9.17, 15) is 9.50 Å². The summed E-state index contributed by atoms with van der Waals surface area (Å²) in [6, 6.07) is 6.46. The van der Waals surface area contributed by atoms with E-state index in [1.165, 1.54) is 12.1 Å². The minimum Gasteiger partial charge on any atom is -0.393 e. The van der Waals surface area contributed by atoms with Crippen molar-refractivity contribution >= 4 is 0 Å². The molecule has 1 aromatic rings. The number of likely N-dealkylation sites (tertiary alicyclic amines) is 1. The highest BCUT2D eigenvalue weighted by atomic mass is 19.1. The normalized spacial score (nSPS) is 19.1. The van der Waals surface area contributed by atoms with Crippen molar-refractivity contribution in [2.24, 2.45) is 5.92 Å². The Morgan fingerprint density at radius 1 is 1.42 bits per heavy atom. The van der Waals surface area contributed by atoms with Crippen LogP contribution in [0.2, 0.25) is 0 Å². The Balaban J connectivity index is 1.96. The molecule has 3 nitrogen and oxygen atoms in total. The van der Waals surface area contributed by atoms with Crippen molar-refractivity contribution in [1.29, 1.82) is 5.26 Å². The van der Waals surface area contributed by atoms with Gasteiger partial charge in [-0.3, -0.25) is 4.90 Å². The van der Waals surface area contributed by atoms with Crippen molar-refractivity contribution in [2.45, 2.75) is 32.4 Å². The summed E-state index contributed by atoms with van der Waals surface area (Å²) in [5, 5.41) is 18.4. The Bertz CT molecular complexity index is 474. The van der Waals surface area contributed by atoms with Crippen molar-refractivity contribution < 1.29 is 9.50 Å². The summed E-state index contributed by atoms with van der Waals surface area (Å²) < 4.78 is 13.3. The fraction of sp³-hybridized carbons (Fsp3) is 0.533. The maximum absolute atomic E-state index is 13.3. The van der Waals surface area contributed by atoms with Crippen LogP contribution in [0.3, 0.4) is 0 Å². The van der Waals surface area contributed by atoms with Gasteiger partial charge >= 0.3 is 0 Å². The quantitative estimate of drug-likeness (QED) is 0.909. The first-order valence-electron chi connectivity index (χ1n) is 6.68. The van der Waals surface area contributed by atoms with Crippen molar-refractivity contribution in [2.75, 3.05) is 13.1 Å². The highest BCUT2D eigenvalue weighted by Crippen LogP contribution is 2.22. The summed E-state index contributed by atoms with van der Waals surface area (Å²) in [6.07, 6.45) is 1.69. The maximum atomic E-state index is 13.3. The first-order valence-corrected chi connectivity index (χ1v) is 6.68. The average Bonchev–Trinajstić information content (AvgIpc) is 2.38. The van der Waals surface area contributed by atoms with E-state index in [4.69, 9.17) is 5.26 Å². The third-order valence-electron chi connectivity index (χ3n) is 3.81. The summed E-state index contributed by atoms with van der Waals surface area (Å²) in [6.45, 7) is 4.33. The largest absolute Gasteiger partial charge is 0.393 e. The molecule has 1 aliphatic rings. The summed E-state index contributed by atoms with van der Waals surface area (Å²) >= 11 is 0. The van der Waals surface area contributed by atoms with E-state index in [-0.39, 0.29) is 11.9 Å². The summed E-state index contributed by atoms with van der Waals surface area (Å²) in [5.41, 5.74) is 1.21. The van der Waals surface area contributed by atoms with E-state index in [1.54, 1.807) is 6.07 Å². The van der Waals surface area contributed by atoms with Gasteiger partial charge in [-0.25, -0.2) is 4.39 Å². The Morgan fingerprint density at radius 3 is 2.68 bits per heavy atom. The fourth-order valence-electron chi connectivity index (χ4n) is 2.66. The van der Waals surface area contributed by atoms with E-state index < -0.39 is 0 Å². The summed E-state index contributed by atoms with van der Waals surface area (Å²) in [5.74, 6) is 0.0198. The van der Waals surface area contributed by atoms with E-state index in [1.807, 2.05) is 13.0 Å². The number of rotatable bonds is 3. The van der Waals surface area contributed by atoms with Crippen LogP contribution in [0, 0.1) is 23.1 Å². The lowest BCUT2D eigenvalue weighted by Crippen LogP contribution is -2.36. The molecule has 1 N–H and O–H groups in total. The highest BCUT2D eigenvalue weighted by molar-refractivity contribution is 5.33. The van der Waals surface area contributed by atoms with Gasteiger partial charge in [0.05, 0.1) is 17.7 Å². The van der Waals surface area contributed by atoms with Crippen LogP contribution in [0.4, 0.5) is 4.39 Å². The second-order valence-electron chi connectivity index (χ2n) is 5.31. The predicted octanol–water partition coefficient (Wildman–Crippen LogP) is 2.29. The lowest BCUT2D eigenvalue weighted by Gasteiger charge is -2.33. The zero-order chi connectivity index (χ0) is 13.8. The molecule has 2 rings (SSSR count). The standard InChI is InChI=1S/C15H19FN2O/c1-11(19)14-2-4-18(5-3-14)10-13-6-12(9-17)7-15(16)8-13/h6-8,11,14,19H,2-5,10H2,1H3. The third kappa shape index (κ3) is 3.76. The van der Waals surface area contributed by atoms with Gasteiger partial charge in [0.25, 0.3) is 0 Å². The number of hydrogen-bond donors (Lipinski definition) is 1. The molecule has 4 heteroatoms. The molecule has 1 unspecified atom stereocenters. The molecule has 0 aliphatic carbocycles. The Hall–Kier alpha value is -1.44. The molecule has 1 aliphatic heterocycles. The van der Waals surface area contributed by atoms with Gasteiger partial charge in [-0.15, -0.1) is 0 Å². The molecule has 0 amide bonds. The molecule has 1 atom stereocenters. The van der Waals surface area contributed by atoms with Crippen molar-refractivity contribution in [3.63, 3.8) is 0 Å². The van der Waals surface area contributed by atoms with Crippen LogP contribution in [0.15, 0.2) is 18.2 Å². The Kier molecular flexibility index (Phi) is 4.52. The smallest absolute Gasteiger partial charge is 0.124 e. The maximum Gasteiger partial charge on any atom is 0.124 e. The monoisotopic (exact) mass is 262 g/mol. The lowest BCUT2D eigenvalue weighted by atomic mass is 9.92. The van der Waals surface area contributed by atoms with Gasteiger partial charge < -0.3 is 5.11 Å². The number of hydrogen-bond acceptors (Lipinski definition) is 3. The van der Waals surface area contributed by atoms with Crippen LogP contribution >= 0.6 is 0 Å². The zero-order valence-electron chi connectivity index (χ0n) is 11.1. The second kappa shape index (κ2) is 6.14. The molecule has 0 spiro atoms. The molecular weight excluding hydrogens is 243 g/mol. The van der Waals surface area contributed by atoms with Crippen LogP contribution in [-0.2, 0) is 6.54 Å². The van der Waals surface area contributed by atoms with Crippen molar-refractivity contribution in [3.8, 4) is 6.07 Å². The Labute approximate surface area is 113 Å². The van der Waals surface area contributed by atoms with Gasteiger partial charge in [-0.1, -0.05) is 0 Å². The van der Waals surface area contributed by atoms with Gasteiger partial charge in [0, 0.05) is 6.54 Å². The Morgan fingerprint density at radius 2 is 2.11 bits per heavy atom. The number of nitriles is 1. The van der Waals surface area contributed by atoms with Crippen LogP contribution in [0.5, 0.6) is 0 Å². The first kappa shape index (κ1) is 14.0. The first-order chi connectivity index (χ1) is 9.08. The number of aliphatic hydroxyl groups is 1. The van der Waals surface area contributed by atoms with Crippen LogP contribution in [-0.4, -0.2) is 29.2 Å². The summed E-state index contributed by atoms with van der Waals surface area (Å²) in [4.78, 5) is 2.24. The highest BCUT2D eigenvalue weighted by Gasteiger charge is 2.22. The van der Waals surface area contributed by atoms with Crippen molar-refractivity contribution in [3.05, 3.63) is 35.1 Å². The SMILES string of the molecule is CC(O)C1CCN(Cc2cc(F)cc(C#N)c2)CC1. The molecule has 0 saturated carbocycles. The molecule has 1 heterocycles. The minimum absolute atomic E-state index is 0.249.